The van der Waals surface area contributed by atoms with Crippen molar-refractivity contribution in [2.75, 3.05) is 0 Å². The predicted molar refractivity (Wildman–Crippen MR) is 275 cm³/mol. The smallest absolute Gasteiger partial charge is 0.121 e. The second kappa shape index (κ2) is 18.1. The Morgan fingerprint density at radius 3 is 2.02 bits per heavy atom. The van der Waals surface area contributed by atoms with Crippen LogP contribution in [0.5, 0.6) is 0 Å². The number of hydrogen-bond donors (Lipinski definition) is 0. The molecule has 0 N–H and O–H groups in total. The molecule has 0 aliphatic heterocycles. The van der Waals surface area contributed by atoms with Gasteiger partial charge in [0.15, 0.2) is 0 Å². The Kier molecular flexibility index (Phi) is 11.2. The number of hydrogen-bond acceptors (Lipinski definition) is 4. The molecule has 0 aliphatic carbocycles. The van der Waals surface area contributed by atoms with E-state index in [2.05, 4.69) is 153 Å². The minimum Gasteiger partial charge on any atom is -0.501 e. The average molecular weight is 1060 g/mol. The van der Waals surface area contributed by atoms with Gasteiger partial charge in [-0.15, -0.1) is 54.1 Å². The molecule has 0 fully saturated rings. The Morgan fingerprint density at radius 1 is 0.621 bits per heavy atom. The maximum Gasteiger partial charge on any atom is 0.121 e. The summed E-state index contributed by atoms with van der Waals surface area (Å²) in [6.07, 6.45) is 2.02. The number of fused-ring (bicyclic) bond motifs is 7. The number of rotatable bonds is 7. The predicted octanol–water partition coefficient (Wildman–Crippen LogP) is 15.4. The van der Waals surface area contributed by atoms with E-state index in [1.165, 1.54) is 27.4 Å². The monoisotopic (exact) mass is 1060 g/mol. The molecule has 66 heavy (non-hydrogen) atoms. The molecule has 4 heterocycles. The van der Waals surface area contributed by atoms with Crippen molar-refractivity contribution in [3.63, 3.8) is 0 Å². The molecule has 0 spiro atoms. The maximum absolute atomic E-state index is 8.33. The first-order valence-electron chi connectivity index (χ1n) is 23.9. The molecule has 0 bridgehead atoms. The summed E-state index contributed by atoms with van der Waals surface area (Å²) in [5, 5.41) is 5.49. The number of furan rings is 1. The molecule has 1 radical (unpaired) electrons. The van der Waals surface area contributed by atoms with Gasteiger partial charge >= 0.3 is 0 Å². The van der Waals surface area contributed by atoms with Crippen molar-refractivity contribution in [2.45, 2.75) is 66.0 Å². The van der Waals surface area contributed by atoms with Crippen molar-refractivity contribution in [2.24, 2.45) is 0 Å². The van der Waals surface area contributed by atoms with Gasteiger partial charge in [0.1, 0.15) is 5.58 Å². The first-order chi connectivity index (χ1) is 32.7. The molecule has 4 aromatic heterocycles. The van der Waals surface area contributed by atoms with Crippen molar-refractivity contribution < 1.29 is 28.6 Å². The number of aryl methyl sites for hydroxylation is 1. The van der Waals surface area contributed by atoms with Crippen molar-refractivity contribution in [1.82, 2.24) is 19.5 Å². The molecule has 11 aromatic rings. The van der Waals surface area contributed by atoms with Crippen LogP contribution in [0.15, 0.2) is 162 Å². The van der Waals surface area contributed by atoms with Crippen LogP contribution in [0.4, 0.5) is 0 Å². The van der Waals surface area contributed by atoms with E-state index in [1.54, 1.807) is 0 Å². The van der Waals surface area contributed by atoms with Gasteiger partial charge in [-0.25, -0.2) is 0 Å². The molecular weight excluding hydrogens is 1000 g/mol. The standard InChI is InChI=1S/C45H36N3O.C14H16NSi.Ir/c1-26(2)34-22-30(29-14-7-6-8-15-29)23-35(27(3)4)43(34)48-41-21-12-11-20-40(41)47-45(48)33-18-13-17-32-38-24-37-31-16-9-10-19-39(31)46-28(5)36(37)25-42(38)49-44(32)33;1-16(2,3)13-9-10-14(15-11-13)12-7-5-4-6-8-12;/h6-17,19-27H,1-5H3;4-7,9-11H,1-3H3;/q2*-1;/i5D3;;. The van der Waals surface area contributed by atoms with Gasteiger partial charge in [0.05, 0.1) is 36.0 Å². The number of aromatic nitrogens is 4. The number of nitrogens with zero attached hydrogens (tertiary/aromatic N) is 4. The SMILES string of the molecule is C[Si](C)(C)c1ccc(-c2[c-]cccc2)nc1.[2H]C([2H])([2H])c1nc2ccccc2c2cc3c(cc12)oc1c(-c2nc4ccccc4n2-c2c(C(C)C)cc(-c4ccccc4)cc2C(C)C)[c-]ccc13.[Ir]. The zero-order valence-corrected chi connectivity index (χ0v) is 41.6. The number of pyridine rings is 2. The molecule has 5 nitrogen and oxygen atoms in total. The molecule has 329 valence electrons. The summed E-state index contributed by atoms with van der Waals surface area (Å²) >= 11 is 0. The molecular formula is C59H52IrN4OSi-2. The van der Waals surface area contributed by atoms with Crippen LogP contribution in [0.3, 0.4) is 0 Å². The van der Waals surface area contributed by atoms with Gasteiger partial charge in [-0.05, 0) is 99.7 Å². The normalized spacial score (nSPS) is 12.7. The fraction of sp³-hybridized carbons (Fsp3) is 0.169. The van der Waals surface area contributed by atoms with E-state index >= 15 is 0 Å². The largest absolute Gasteiger partial charge is 0.501 e. The summed E-state index contributed by atoms with van der Waals surface area (Å²) in [4.78, 5) is 14.4. The Labute approximate surface area is 406 Å². The quantitative estimate of drug-likeness (QED) is 0.0907. The zero-order chi connectivity index (χ0) is 47.5. The topological polar surface area (TPSA) is 56.7 Å². The van der Waals surface area contributed by atoms with Crippen molar-refractivity contribution in [3.8, 4) is 39.5 Å². The summed E-state index contributed by atoms with van der Waals surface area (Å²) in [5.41, 5.74) is 12.6. The van der Waals surface area contributed by atoms with E-state index in [1.807, 2.05) is 79.0 Å². The molecule has 0 aliphatic rings. The Hall–Kier alpha value is -6.50. The van der Waals surface area contributed by atoms with E-state index in [9.17, 15) is 0 Å². The fourth-order valence-corrected chi connectivity index (χ4v) is 9.97. The first-order valence-corrected chi connectivity index (χ1v) is 25.9. The summed E-state index contributed by atoms with van der Waals surface area (Å²) < 4.78 is 34.0. The molecule has 7 heteroatoms. The van der Waals surface area contributed by atoms with E-state index in [0.29, 0.717) is 22.1 Å². The third-order valence-electron chi connectivity index (χ3n) is 12.4. The van der Waals surface area contributed by atoms with Gasteiger partial charge in [-0.2, -0.15) is 0 Å². The molecule has 11 rings (SSSR count). The molecule has 0 saturated heterocycles. The van der Waals surface area contributed by atoms with Crippen LogP contribution in [-0.4, -0.2) is 27.6 Å². The van der Waals surface area contributed by atoms with Gasteiger partial charge in [0.25, 0.3) is 0 Å². The maximum atomic E-state index is 8.33. The van der Waals surface area contributed by atoms with Crippen molar-refractivity contribution in [1.29, 1.82) is 0 Å². The van der Waals surface area contributed by atoms with Crippen LogP contribution in [0, 0.1) is 19.0 Å². The summed E-state index contributed by atoms with van der Waals surface area (Å²) in [7, 11) is -1.23. The molecule has 0 saturated carbocycles. The van der Waals surface area contributed by atoms with Crippen LogP contribution in [0.1, 0.15) is 60.5 Å². The van der Waals surface area contributed by atoms with E-state index in [0.717, 1.165) is 60.9 Å². The molecule has 0 atom stereocenters. The number of para-hydroxylation sites is 3. The minimum absolute atomic E-state index is 0. The number of imidazole rings is 1. The molecule has 7 aromatic carbocycles. The number of benzene rings is 7. The van der Waals surface area contributed by atoms with Gasteiger partial charge in [0, 0.05) is 58.0 Å². The van der Waals surface area contributed by atoms with E-state index in [4.69, 9.17) is 13.5 Å². The van der Waals surface area contributed by atoms with Crippen LogP contribution >= 0.6 is 0 Å². The zero-order valence-electron chi connectivity index (χ0n) is 41.2. The van der Waals surface area contributed by atoms with Crippen molar-refractivity contribution >= 4 is 67.9 Å². The van der Waals surface area contributed by atoms with Gasteiger partial charge in [-0.1, -0.05) is 131 Å². The van der Waals surface area contributed by atoms with Crippen molar-refractivity contribution in [3.05, 3.63) is 187 Å². The van der Waals surface area contributed by atoms with Crippen LogP contribution in [0.25, 0.3) is 94.1 Å². The molecule has 0 unspecified atom stereocenters. The third kappa shape index (κ3) is 8.21. The fourth-order valence-electron chi connectivity index (χ4n) is 8.94. The summed E-state index contributed by atoms with van der Waals surface area (Å²) in [6, 6.07) is 58.0. The first kappa shape index (κ1) is 41.0. The second-order valence-electron chi connectivity index (χ2n) is 18.5. The Balaban J connectivity index is 0.000000296. The third-order valence-corrected chi connectivity index (χ3v) is 14.4. The van der Waals surface area contributed by atoms with Crippen LogP contribution in [-0.2, 0) is 20.1 Å². The summed E-state index contributed by atoms with van der Waals surface area (Å²) in [6.45, 7) is 13.6. The van der Waals surface area contributed by atoms with Gasteiger partial charge < -0.3 is 14.0 Å². The second-order valence-corrected chi connectivity index (χ2v) is 23.5. The van der Waals surface area contributed by atoms with E-state index < -0.39 is 14.9 Å². The van der Waals surface area contributed by atoms with Crippen LogP contribution < -0.4 is 5.19 Å². The Bertz CT molecular complexity index is 3620. The molecule has 0 amide bonds. The average Bonchev–Trinajstić information content (AvgIpc) is 3.91. The summed E-state index contributed by atoms with van der Waals surface area (Å²) in [5.74, 6) is 1.18. The minimum atomic E-state index is -2.40. The van der Waals surface area contributed by atoms with Gasteiger partial charge in [0.2, 0.25) is 0 Å². The van der Waals surface area contributed by atoms with Crippen LogP contribution in [0.2, 0.25) is 19.6 Å². The Morgan fingerprint density at radius 2 is 1.33 bits per heavy atom. The van der Waals surface area contributed by atoms with E-state index in [-0.39, 0.29) is 37.6 Å². The van der Waals surface area contributed by atoms with Gasteiger partial charge in [-0.3, -0.25) is 9.97 Å².